The van der Waals surface area contributed by atoms with Crippen molar-refractivity contribution in [2.75, 3.05) is 7.05 Å². The number of aromatic nitrogens is 2. The number of ether oxygens (including phenoxy) is 1. The van der Waals surface area contributed by atoms with E-state index in [0.29, 0.717) is 11.8 Å². The summed E-state index contributed by atoms with van der Waals surface area (Å²) in [6, 6.07) is 8.39. The van der Waals surface area contributed by atoms with Gasteiger partial charge in [-0.3, -0.25) is 4.68 Å². The predicted molar refractivity (Wildman–Crippen MR) is 85.8 cm³/mol. The molecule has 1 aromatic carbocycles. The monoisotopic (exact) mass is 307 g/mol. The Kier molecular flexibility index (Phi) is 5.26. The van der Waals surface area contributed by atoms with E-state index in [9.17, 15) is 0 Å². The van der Waals surface area contributed by atoms with E-state index >= 15 is 0 Å². The molecule has 114 valence electrons. The molecule has 0 amide bonds. The summed E-state index contributed by atoms with van der Waals surface area (Å²) in [5, 5.41) is 8.25. The molecular formula is C16H22ClN3O. The molecule has 4 nitrogen and oxygen atoms in total. The average Bonchev–Trinajstić information content (AvgIpc) is 2.73. The summed E-state index contributed by atoms with van der Waals surface area (Å²) in [4.78, 5) is 0. The Balaban J connectivity index is 2.20. The highest BCUT2D eigenvalue weighted by molar-refractivity contribution is 6.30. The van der Waals surface area contributed by atoms with Gasteiger partial charge in [-0.1, -0.05) is 36.7 Å². The molecule has 0 radical (unpaired) electrons. The highest BCUT2D eigenvalue weighted by atomic mass is 35.5. The standard InChI is InChI=1S/C16H22ClN3O/c1-5-14(18-3)12-8-6-7-9-15(12)21-10-13-11(2)19-20(4)16(13)17/h6-9,14,18H,5,10H2,1-4H3. The molecule has 21 heavy (non-hydrogen) atoms. The van der Waals surface area contributed by atoms with E-state index in [4.69, 9.17) is 16.3 Å². The maximum absolute atomic E-state index is 6.25. The van der Waals surface area contributed by atoms with Crippen LogP contribution in [0.5, 0.6) is 5.75 Å². The first-order valence-corrected chi connectivity index (χ1v) is 7.53. The molecule has 0 saturated carbocycles. The van der Waals surface area contributed by atoms with Gasteiger partial charge in [0.2, 0.25) is 0 Å². The second kappa shape index (κ2) is 6.96. The second-order valence-electron chi connectivity index (χ2n) is 5.05. The number of hydrogen-bond acceptors (Lipinski definition) is 3. The van der Waals surface area contributed by atoms with Crippen LogP contribution in [-0.2, 0) is 13.7 Å². The molecule has 1 unspecified atom stereocenters. The SMILES string of the molecule is CCC(NC)c1ccccc1OCc1c(C)nn(C)c1Cl. The molecule has 1 aromatic heterocycles. The van der Waals surface area contributed by atoms with Gasteiger partial charge in [-0.15, -0.1) is 0 Å². The number of hydrogen-bond donors (Lipinski definition) is 1. The predicted octanol–water partition coefficient (Wildman–Crippen LogP) is 3.63. The van der Waals surface area contributed by atoms with E-state index in [0.717, 1.165) is 23.4 Å². The first-order valence-electron chi connectivity index (χ1n) is 7.15. The summed E-state index contributed by atoms with van der Waals surface area (Å²) in [5.41, 5.74) is 3.01. The number of nitrogens with one attached hydrogen (secondary N) is 1. The smallest absolute Gasteiger partial charge is 0.133 e. The van der Waals surface area contributed by atoms with Crippen molar-refractivity contribution in [3.05, 3.63) is 46.2 Å². The van der Waals surface area contributed by atoms with Gasteiger partial charge < -0.3 is 10.1 Å². The molecule has 1 N–H and O–H groups in total. The van der Waals surface area contributed by atoms with Crippen LogP contribution in [-0.4, -0.2) is 16.8 Å². The summed E-state index contributed by atoms with van der Waals surface area (Å²) in [7, 11) is 3.80. The fourth-order valence-electron chi connectivity index (χ4n) is 2.47. The third-order valence-corrected chi connectivity index (χ3v) is 4.17. The quantitative estimate of drug-likeness (QED) is 0.885. The third-order valence-electron chi connectivity index (χ3n) is 3.69. The normalized spacial score (nSPS) is 12.4. The molecule has 2 rings (SSSR count). The van der Waals surface area contributed by atoms with E-state index in [1.165, 1.54) is 5.56 Å². The fourth-order valence-corrected chi connectivity index (χ4v) is 2.70. The van der Waals surface area contributed by atoms with Crippen LogP contribution in [0.15, 0.2) is 24.3 Å². The molecule has 1 heterocycles. The van der Waals surface area contributed by atoms with Crippen molar-refractivity contribution in [1.29, 1.82) is 0 Å². The van der Waals surface area contributed by atoms with Crippen LogP contribution in [0.4, 0.5) is 0 Å². The highest BCUT2D eigenvalue weighted by Gasteiger charge is 2.15. The van der Waals surface area contributed by atoms with Gasteiger partial charge in [-0.25, -0.2) is 0 Å². The number of nitrogens with zero attached hydrogens (tertiary/aromatic N) is 2. The van der Waals surface area contributed by atoms with Crippen LogP contribution in [0.1, 0.15) is 36.2 Å². The van der Waals surface area contributed by atoms with Crippen LogP contribution in [0.25, 0.3) is 0 Å². The van der Waals surface area contributed by atoms with E-state index in [-0.39, 0.29) is 6.04 Å². The molecule has 0 spiro atoms. The van der Waals surface area contributed by atoms with E-state index in [2.05, 4.69) is 23.4 Å². The Hall–Kier alpha value is -1.52. The van der Waals surface area contributed by atoms with Crippen molar-refractivity contribution < 1.29 is 4.74 Å². The van der Waals surface area contributed by atoms with Gasteiger partial charge in [0.1, 0.15) is 17.5 Å². The summed E-state index contributed by atoms with van der Waals surface area (Å²) in [5.74, 6) is 0.887. The Bertz CT molecular complexity index is 606. The largest absolute Gasteiger partial charge is 0.488 e. The van der Waals surface area contributed by atoms with Gasteiger partial charge in [-0.2, -0.15) is 5.10 Å². The zero-order chi connectivity index (χ0) is 15.4. The van der Waals surface area contributed by atoms with Crippen molar-refractivity contribution >= 4 is 11.6 Å². The van der Waals surface area contributed by atoms with E-state index in [1.54, 1.807) is 4.68 Å². The maximum Gasteiger partial charge on any atom is 0.133 e. The lowest BCUT2D eigenvalue weighted by atomic mass is 10.0. The summed E-state index contributed by atoms with van der Waals surface area (Å²) in [6.07, 6.45) is 1.00. The van der Waals surface area contributed by atoms with Crippen molar-refractivity contribution in [1.82, 2.24) is 15.1 Å². The lowest BCUT2D eigenvalue weighted by Gasteiger charge is -2.18. The van der Waals surface area contributed by atoms with Crippen molar-refractivity contribution in [2.45, 2.75) is 32.9 Å². The Morgan fingerprint density at radius 2 is 2.10 bits per heavy atom. The molecule has 1 atom stereocenters. The van der Waals surface area contributed by atoms with E-state index < -0.39 is 0 Å². The minimum Gasteiger partial charge on any atom is -0.488 e. The third kappa shape index (κ3) is 3.39. The zero-order valence-electron chi connectivity index (χ0n) is 13.0. The van der Waals surface area contributed by atoms with Crippen molar-refractivity contribution in [3.8, 4) is 5.75 Å². The summed E-state index contributed by atoms with van der Waals surface area (Å²) >= 11 is 6.25. The molecule has 2 aromatic rings. The van der Waals surface area contributed by atoms with Crippen LogP contribution in [0, 0.1) is 6.92 Å². The average molecular weight is 308 g/mol. The number of rotatable bonds is 6. The molecule has 0 aliphatic carbocycles. The summed E-state index contributed by atoms with van der Waals surface area (Å²) < 4.78 is 7.68. The Morgan fingerprint density at radius 3 is 2.67 bits per heavy atom. The molecule has 0 saturated heterocycles. The molecule has 0 aliphatic heterocycles. The van der Waals surface area contributed by atoms with Crippen LogP contribution in [0.3, 0.4) is 0 Å². The minimum atomic E-state index is 0.284. The van der Waals surface area contributed by atoms with Gasteiger partial charge in [0.05, 0.1) is 5.69 Å². The molecular weight excluding hydrogens is 286 g/mol. The molecule has 5 heteroatoms. The van der Waals surface area contributed by atoms with Crippen LogP contribution >= 0.6 is 11.6 Å². The van der Waals surface area contributed by atoms with Gasteiger partial charge in [0, 0.05) is 24.2 Å². The number of aryl methyl sites for hydroxylation is 2. The van der Waals surface area contributed by atoms with Crippen LogP contribution in [0.2, 0.25) is 5.15 Å². The first kappa shape index (κ1) is 15.9. The maximum atomic E-state index is 6.25. The van der Waals surface area contributed by atoms with E-state index in [1.807, 2.05) is 39.2 Å². The highest BCUT2D eigenvalue weighted by Crippen LogP contribution is 2.28. The van der Waals surface area contributed by atoms with Gasteiger partial charge in [0.15, 0.2) is 0 Å². The van der Waals surface area contributed by atoms with Gasteiger partial charge >= 0.3 is 0 Å². The summed E-state index contributed by atoms with van der Waals surface area (Å²) in [6.45, 7) is 4.52. The fraction of sp³-hybridized carbons (Fsp3) is 0.438. The molecule has 0 bridgehead atoms. The van der Waals surface area contributed by atoms with Crippen LogP contribution < -0.4 is 10.1 Å². The minimum absolute atomic E-state index is 0.284. The lowest BCUT2D eigenvalue weighted by molar-refractivity contribution is 0.298. The molecule has 0 fully saturated rings. The lowest BCUT2D eigenvalue weighted by Crippen LogP contribution is -2.16. The van der Waals surface area contributed by atoms with Crippen molar-refractivity contribution in [3.63, 3.8) is 0 Å². The van der Waals surface area contributed by atoms with Gasteiger partial charge in [0.25, 0.3) is 0 Å². The number of benzene rings is 1. The first-order chi connectivity index (χ1) is 10.1. The second-order valence-corrected chi connectivity index (χ2v) is 5.41. The van der Waals surface area contributed by atoms with Crippen molar-refractivity contribution in [2.24, 2.45) is 7.05 Å². The number of para-hydroxylation sites is 1. The molecule has 0 aliphatic rings. The van der Waals surface area contributed by atoms with Gasteiger partial charge in [-0.05, 0) is 26.5 Å². The Labute approximate surface area is 131 Å². The topological polar surface area (TPSA) is 39.1 Å². The zero-order valence-corrected chi connectivity index (χ0v) is 13.7. The Morgan fingerprint density at radius 1 is 1.38 bits per heavy atom. The number of halogens is 1.